The first-order chi connectivity index (χ1) is 9.91. The predicted octanol–water partition coefficient (Wildman–Crippen LogP) is 3.31. The topological polar surface area (TPSA) is 36.1 Å². The van der Waals surface area contributed by atoms with Crippen LogP contribution in [0.1, 0.15) is 71.1 Å². The van der Waals surface area contributed by atoms with Crippen LogP contribution in [0.5, 0.6) is 0 Å². The Kier molecular flexibility index (Phi) is 18.8. The van der Waals surface area contributed by atoms with Crippen LogP contribution < -0.4 is 16.0 Å². The second-order valence-corrected chi connectivity index (χ2v) is 5.79. The molecule has 3 heteroatoms. The van der Waals surface area contributed by atoms with Crippen LogP contribution in [-0.2, 0) is 0 Å². The Hall–Kier alpha value is -0.120. The molecule has 0 spiro atoms. The van der Waals surface area contributed by atoms with E-state index in [1.807, 2.05) is 7.05 Å². The van der Waals surface area contributed by atoms with Gasteiger partial charge in [0.1, 0.15) is 0 Å². The highest BCUT2D eigenvalue weighted by molar-refractivity contribution is 4.53. The molecule has 0 amide bonds. The number of rotatable bonds is 17. The van der Waals surface area contributed by atoms with Crippen molar-refractivity contribution in [2.24, 2.45) is 0 Å². The highest BCUT2D eigenvalue weighted by atomic mass is 14.9. The molecule has 0 aromatic rings. The Morgan fingerprint density at radius 1 is 0.500 bits per heavy atom. The highest BCUT2D eigenvalue weighted by Crippen LogP contribution is 1.98. The van der Waals surface area contributed by atoms with E-state index in [2.05, 4.69) is 22.9 Å². The van der Waals surface area contributed by atoms with Crippen LogP contribution in [0.4, 0.5) is 0 Å². The zero-order valence-electron chi connectivity index (χ0n) is 14.1. The van der Waals surface area contributed by atoms with Gasteiger partial charge >= 0.3 is 0 Å². The predicted molar refractivity (Wildman–Crippen MR) is 91.5 cm³/mol. The Balaban J connectivity index is 2.89. The number of nitrogens with one attached hydrogen (secondary N) is 3. The molecule has 0 atom stereocenters. The molecule has 0 radical (unpaired) electrons. The third kappa shape index (κ3) is 17.9. The smallest absolute Gasteiger partial charge is 0.00489 e. The van der Waals surface area contributed by atoms with Crippen molar-refractivity contribution < 1.29 is 0 Å². The van der Waals surface area contributed by atoms with E-state index < -0.39 is 0 Å². The molecule has 0 aromatic carbocycles. The van der Waals surface area contributed by atoms with Crippen molar-refractivity contribution in [3.05, 3.63) is 0 Å². The van der Waals surface area contributed by atoms with Crippen molar-refractivity contribution in [3.8, 4) is 0 Å². The van der Waals surface area contributed by atoms with Crippen LogP contribution in [0, 0.1) is 0 Å². The van der Waals surface area contributed by atoms with Crippen LogP contribution in [0.25, 0.3) is 0 Å². The molecule has 0 heterocycles. The van der Waals surface area contributed by atoms with Crippen LogP contribution in [0.3, 0.4) is 0 Å². The molecular formula is C17H39N3. The lowest BCUT2D eigenvalue weighted by Crippen LogP contribution is -2.19. The van der Waals surface area contributed by atoms with Gasteiger partial charge in [0.2, 0.25) is 0 Å². The fraction of sp³-hybridized carbons (Fsp3) is 1.00. The van der Waals surface area contributed by atoms with Gasteiger partial charge in [0.15, 0.2) is 0 Å². The lowest BCUT2D eigenvalue weighted by molar-refractivity contribution is 0.541. The Morgan fingerprint density at radius 2 is 0.900 bits per heavy atom. The van der Waals surface area contributed by atoms with Crippen LogP contribution in [0.15, 0.2) is 0 Å². The molecule has 0 unspecified atom stereocenters. The maximum absolute atomic E-state index is 3.55. The van der Waals surface area contributed by atoms with Crippen LogP contribution in [-0.4, -0.2) is 39.8 Å². The van der Waals surface area contributed by atoms with Gasteiger partial charge in [-0.05, 0) is 71.9 Å². The lowest BCUT2D eigenvalue weighted by Gasteiger charge is -2.06. The standard InChI is InChI=1S/C17H39N3/c1-3-4-5-9-14-19-16-11-7-12-17-20-15-10-6-8-13-18-2/h18-20H,3-17H2,1-2H3. The molecule has 0 saturated heterocycles. The quantitative estimate of drug-likeness (QED) is 0.359. The normalized spacial score (nSPS) is 11.1. The van der Waals surface area contributed by atoms with Gasteiger partial charge in [-0.15, -0.1) is 0 Å². The Bertz CT molecular complexity index is 144. The lowest BCUT2D eigenvalue weighted by atomic mass is 10.2. The average Bonchev–Trinajstić information content (AvgIpc) is 2.47. The summed E-state index contributed by atoms with van der Waals surface area (Å²) in [7, 11) is 2.03. The van der Waals surface area contributed by atoms with Crippen molar-refractivity contribution in [2.45, 2.75) is 71.1 Å². The largest absolute Gasteiger partial charge is 0.320 e. The molecular weight excluding hydrogens is 246 g/mol. The molecule has 0 fully saturated rings. The summed E-state index contributed by atoms with van der Waals surface area (Å²) in [5, 5.41) is 10.3. The van der Waals surface area contributed by atoms with Gasteiger partial charge in [0.25, 0.3) is 0 Å². The molecule has 0 rings (SSSR count). The van der Waals surface area contributed by atoms with E-state index in [1.54, 1.807) is 0 Å². The number of hydrogen-bond acceptors (Lipinski definition) is 3. The molecule has 0 bridgehead atoms. The van der Waals surface area contributed by atoms with Crippen molar-refractivity contribution in [2.75, 3.05) is 39.8 Å². The van der Waals surface area contributed by atoms with E-state index in [4.69, 9.17) is 0 Å². The summed E-state index contributed by atoms with van der Waals surface area (Å²) in [6.07, 6.45) is 13.5. The molecule has 0 aromatic heterocycles. The second kappa shape index (κ2) is 18.9. The molecule has 0 aliphatic heterocycles. The summed E-state index contributed by atoms with van der Waals surface area (Å²) in [5.74, 6) is 0. The summed E-state index contributed by atoms with van der Waals surface area (Å²) in [6.45, 7) is 8.23. The maximum Gasteiger partial charge on any atom is -0.00489 e. The molecule has 3 nitrogen and oxygen atoms in total. The van der Waals surface area contributed by atoms with Crippen molar-refractivity contribution in [1.82, 2.24) is 16.0 Å². The molecule has 122 valence electrons. The fourth-order valence-electron chi connectivity index (χ4n) is 2.33. The minimum Gasteiger partial charge on any atom is -0.320 e. The van der Waals surface area contributed by atoms with Gasteiger partial charge in [0, 0.05) is 0 Å². The van der Waals surface area contributed by atoms with Crippen molar-refractivity contribution in [1.29, 1.82) is 0 Å². The van der Waals surface area contributed by atoms with Gasteiger partial charge in [-0.1, -0.05) is 39.0 Å². The molecule has 0 aliphatic carbocycles. The minimum atomic E-state index is 1.16. The van der Waals surface area contributed by atoms with E-state index in [1.165, 1.54) is 90.4 Å². The van der Waals surface area contributed by atoms with Gasteiger partial charge in [-0.2, -0.15) is 0 Å². The Morgan fingerprint density at radius 3 is 1.30 bits per heavy atom. The first-order valence-electron chi connectivity index (χ1n) is 8.97. The summed E-state index contributed by atoms with van der Waals surface area (Å²) >= 11 is 0. The summed E-state index contributed by atoms with van der Waals surface area (Å²) in [6, 6.07) is 0. The van der Waals surface area contributed by atoms with Gasteiger partial charge in [-0.25, -0.2) is 0 Å². The van der Waals surface area contributed by atoms with E-state index in [9.17, 15) is 0 Å². The second-order valence-electron chi connectivity index (χ2n) is 5.79. The average molecular weight is 286 g/mol. The van der Waals surface area contributed by atoms with E-state index in [0.717, 1.165) is 6.54 Å². The van der Waals surface area contributed by atoms with E-state index in [-0.39, 0.29) is 0 Å². The van der Waals surface area contributed by atoms with Crippen LogP contribution in [0.2, 0.25) is 0 Å². The Labute approximate surface area is 127 Å². The molecule has 3 N–H and O–H groups in total. The maximum atomic E-state index is 3.55. The van der Waals surface area contributed by atoms with Gasteiger partial charge in [-0.3, -0.25) is 0 Å². The minimum absolute atomic E-state index is 1.16. The third-order valence-electron chi connectivity index (χ3n) is 3.69. The summed E-state index contributed by atoms with van der Waals surface area (Å²) in [5.41, 5.74) is 0. The zero-order valence-corrected chi connectivity index (χ0v) is 14.1. The number of hydrogen-bond donors (Lipinski definition) is 3. The summed E-state index contributed by atoms with van der Waals surface area (Å²) < 4.78 is 0. The van der Waals surface area contributed by atoms with E-state index in [0.29, 0.717) is 0 Å². The number of unbranched alkanes of at least 4 members (excludes halogenated alkanes) is 7. The molecule has 20 heavy (non-hydrogen) atoms. The monoisotopic (exact) mass is 285 g/mol. The van der Waals surface area contributed by atoms with Crippen molar-refractivity contribution in [3.63, 3.8) is 0 Å². The van der Waals surface area contributed by atoms with Gasteiger partial charge < -0.3 is 16.0 Å². The molecule has 0 saturated carbocycles. The zero-order chi connectivity index (χ0) is 14.7. The van der Waals surface area contributed by atoms with Gasteiger partial charge in [0.05, 0.1) is 0 Å². The third-order valence-corrected chi connectivity index (χ3v) is 3.69. The first kappa shape index (κ1) is 19.9. The van der Waals surface area contributed by atoms with Crippen molar-refractivity contribution >= 4 is 0 Å². The van der Waals surface area contributed by atoms with Crippen LogP contribution >= 0.6 is 0 Å². The molecule has 0 aliphatic rings. The van der Waals surface area contributed by atoms with E-state index >= 15 is 0 Å². The first-order valence-corrected chi connectivity index (χ1v) is 8.97. The SMILES string of the molecule is CCCCCCNCCCCCNCCCCCNC. The fourth-order valence-corrected chi connectivity index (χ4v) is 2.33. The highest BCUT2D eigenvalue weighted by Gasteiger charge is 1.92. The summed E-state index contributed by atoms with van der Waals surface area (Å²) in [4.78, 5) is 0.